The van der Waals surface area contributed by atoms with Gasteiger partial charge in [-0.15, -0.1) is 0 Å². The molecule has 5 heteroatoms. The lowest BCUT2D eigenvalue weighted by molar-refractivity contribution is 0.890. The predicted octanol–water partition coefficient (Wildman–Crippen LogP) is 4.60. The van der Waals surface area contributed by atoms with E-state index in [4.69, 9.17) is 0 Å². The van der Waals surface area contributed by atoms with Crippen molar-refractivity contribution in [2.75, 3.05) is 11.9 Å². The molecular weight excluding hydrogens is 334 g/mol. The minimum Gasteiger partial charge on any atom is -0.329 e. The predicted molar refractivity (Wildman–Crippen MR) is 107 cm³/mol. The van der Waals surface area contributed by atoms with Crippen molar-refractivity contribution in [2.24, 2.45) is 0 Å². The number of benzene rings is 2. The number of aromatic nitrogens is 3. The Morgan fingerprint density at radius 2 is 1.85 bits per heavy atom. The fourth-order valence-electron chi connectivity index (χ4n) is 3.20. The van der Waals surface area contributed by atoms with Crippen LogP contribution in [0.2, 0.25) is 0 Å². The normalized spacial score (nSPS) is 10.7. The summed E-state index contributed by atoms with van der Waals surface area (Å²) in [6.07, 6.45) is 2.63. The Bertz CT molecular complexity index is 1140. The fourth-order valence-corrected chi connectivity index (χ4v) is 3.20. The Labute approximate surface area is 158 Å². The van der Waals surface area contributed by atoms with E-state index in [0.29, 0.717) is 5.56 Å². The lowest BCUT2D eigenvalue weighted by Gasteiger charge is -2.21. The zero-order valence-corrected chi connectivity index (χ0v) is 15.3. The Morgan fingerprint density at radius 1 is 1.07 bits per heavy atom. The first-order valence-corrected chi connectivity index (χ1v) is 8.88. The third kappa shape index (κ3) is 3.02. The van der Waals surface area contributed by atoms with Crippen molar-refractivity contribution in [2.45, 2.75) is 13.3 Å². The van der Waals surface area contributed by atoms with Gasteiger partial charge in [0.2, 0.25) is 0 Å². The SMILES string of the molecule is CCc1cc(N(C)c2ccc(-c3ccccc3C#N)cc2)n2nccc2n1. The summed E-state index contributed by atoms with van der Waals surface area (Å²) in [6, 6.07) is 22.1. The van der Waals surface area contributed by atoms with E-state index in [-0.39, 0.29) is 0 Å². The maximum atomic E-state index is 9.33. The number of fused-ring (bicyclic) bond motifs is 1. The molecule has 0 aliphatic carbocycles. The van der Waals surface area contributed by atoms with Gasteiger partial charge in [-0.05, 0) is 35.7 Å². The van der Waals surface area contributed by atoms with Crippen LogP contribution in [-0.2, 0) is 6.42 Å². The molecule has 0 N–H and O–H groups in total. The Morgan fingerprint density at radius 3 is 2.59 bits per heavy atom. The summed E-state index contributed by atoms with van der Waals surface area (Å²) in [5, 5.41) is 13.7. The van der Waals surface area contributed by atoms with E-state index < -0.39 is 0 Å². The maximum absolute atomic E-state index is 9.33. The Hall–Kier alpha value is -3.65. The van der Waals surface area contributed by atoms with Crippen LogP contribution in [0.3, 0.4) is 0 Å². The van der Waals surface area contributed by atoms with Crippen LogP contribution in [0, 0.1) is 11.3 Å². The molecule has 0 saturated carbocycles. The van der Waals surface area contributed by atoms with Crippen LogP contribution < -0.4 is 4.90 Å². The highest BCUT2D eigenvalue weighted by atomic mass is 15.3. The highest BCUT2D eigenvalue weighted by Gasteiger charge is 2.12. The summed E-state index contributed by atoms with van der Waals surface area (Å²) in [6.45, 7) is 2.10. The van der Waals surface area contributed by atoms with Crippen molar-refractivity contribution in [3.05, 3.63) is 78.1 Å². The van der Waals surface area contributed by atoms with Crippen LogP contribution in [0.4, 0.5) is 11.5 Å². The topological polar surface area (TPSA) is 57.2 Å². The van der Waals surface area contributed by atoms with Gasteiger partial charge in [0.05, 0.1) is 17.8 Å². The molecule has 0 saturated heterocycles. The first kappa shape index (κ1) is 16.8. The van der Waals surface area contributed by atoms with E-state index in [1.807, 2.05) is 54.0 Å². The summed E-state index contributed by atoms with van der Waals surface area (Å²) in [7, 11) is 2.02. The summed E-state index contributed by atoms with van der Waals surface area (Å²) in [5.74, 6) is 0.965. The molecule has 0 spiro atoms. The molecule has 2 aromatic carbocycles. The second-order valence-corrected chi connectivity index (χ2v) is 6.32. The van der Waals surface area contributed by atoms with Crippen molar-refractivity contribution >= 4 is 17.2 Å². The van der Waals surface area contributed by atoms with Gasteiger partial charge < -0.3 is 4.90 Å². The maximum Gasteiger partial charge on any atom is 0.157 e. The highest BCUT2D eigenvalue weighted by molar-refractivity contribution is 5.73. The van der Waals surface area contributed by atoms with E-state index in [0.717, 1.165) is 40.4 Å². The van der Waals surface area contributed by atoms with Gasteiger partial charge in [-0.2, -0.15) is 14.9 Å². The number of anilines is 2. The minimum atomic E-state index is 0.679. The van der Waals surface area contributed by atoms with Gasteiger partial charge in [-0.1, -0.05) is 37.3 Å². The molecule has 0 aliphatic heterocycles. The van der Waals surface area contributed by atoms with E-state index in [1.54, 1.807) is 6.20 Å². The van der Waals surface area contributed by atoms with Crippen LogP contribution in [0.25, 0.3) is 16.8 Å². The van der Waals surface area contributed by atoms with E-state index in [2.05, 4.69) is 46.2 Å². The molecule has 0 unspecified atom stereocenters. The molecule has 27 heavy (non-hydrogen) atoms. The monoisotopic (exact) mass is 353 g/mol. The molecule has 0 aliphatic rings. The molecule has 0 amide bonds. The molecule has 4 aromatic rings. The number of hydrogen-bond donors (Lipinski definition) is 0. The molecule has 4 rings (SSSR count). The number of rotatable bonds is 4. The molecular formula is C22H19N5. The lowest BCUT2D eigenvalue weighted by Crippen LogP contribution is -2.15. The van der Waals surface area contributed by atoms with Crippen molar-refractivity contribution in [1.82, 2.24) is 14.6 Å². The van der Waals surface area contributed by atoms with Gasteiger partial charge in [0.25, 0.3) is 0 Å². The van der Waals surface area contributed by atoms with Gasteiger partial charge in [0, 0.05) is 30.6 Å². The third-order valence-corrected chi connectivity index (χ3v) is 4.71. The summed E-state index contributed by atoms with van der Waals surface area (Å²) in [4.78, 5) is 6.70. The van der Waals surface area contributed by atoms with Crippen LogP contribution in [0.5, 0.6) is 0 Å². The molecule has 0 bridgehead atoms. The quantitative estimate of drug-likeness (QED) is 0.538. The van der Waals surface area contributed by atoms with E-state index in [1.165, 1.54) is 0 Å². The number of hydrogen-bond acceptors (Lipinski definition) is 4. The third-order valence-electron chi connectivity index (χ3n) is 4.71. The zero-order chi connectivity index (χ0) is 18.8. The van der Waals surface area contributed by atoms with Crippen LogP contribution in [0.1, 0.15) is 18.2 Å². The lowest BCUT2D eigenvalue weighted by atomic mass is 10.0. The smallest absolute Gasteiger partial charge is 0.157 e. The largest absolute Gasteiger partial charge is 0.329 e. The second-order valence-electron chi connectivity index (χ2n) is 6.32. The van der Waals surface area contributed by atoms with Crippen LogP contribution in [0.15, 0.2) is 66.9 Å². The fraction of sp³-hybridized carbons (Fsp3) is 0.136. The number of nitrogens with zero attached hydrogens (tertiary/aromatic N) is 5. The molecule has 0 radical (unpaired) electrons. The first-order chi connectivity index (χ1) is 13.2. The molecule has 132 valence electrons. The van der Waals surface area contributed by atoms with Gasteiger partial charge in [0.1, 0.15) is 5.82 Å². The van der Waals surface area contributed by atoms with E-state index in [9.17, 15) is 5.26 Å². The van der Waals surface area contributed by atoms with Gasteiger partial charge >= 0.3 is 0 Å². The zero-order valence-electron chi connectivity index (χ0n) is 15.3. The van der Waals surface area contributed by atoms with E-state index >= 15 is 0 Å². The highest BCUT2D eigenvalue weighted by Crippen LogP contribution is 2.29. The number of aryl methyl sites for hydroxylation is 1. The standard InChI is InChI=1S/C22H19N5/c1-3-18-14-22(27-21(25-18)12-13-24-27)26(2)19-10-8-16(9-11-19)20-7-5-4-6-17(20)15-23/h4-14H,3H2,1-2H3. The van der Waals surface area contributed by atoms with Crippen molar-refractivity contribution in [1.29, 1.82) is 5.26 Å². The number of nitriles is 1. The Kier molecular flexibility index (Phi) is 4.31. The van der Waals surface area contributed by atoms with Crippen LogP contribution >= 0.6 is 0 Å². The first-order valence-electron chi connectivity index (χ1n) is 8.88. The van der Waals surface area contributed by atoms with Gasteiger partial charge in [-0.3, -0.25) is 0 Å². The van der Waals surface area contributed by atoms with Crippen molar-refractivity contribution in [3.63, 3.8) is 0 Å². The molecule has 0 atom stereocenters. The average Bonchev–Trinajstić information content (AvgIpc) is 3.21. The molecule has 2 heterocycles. The average molecular weight is 353 g/mol. The van der Waals surface area contributed by atoms with Crippen molar-refractivity contribution in [3.8, 4) is 17.2 Å². The second kappa shape index (κ2) is 6.93. The van der Waals surface area contributed by atoms with Crippen LogP contribution in [-0.4, -0.2) is 21.6 Å². The Balaban J connectivity index is 1.73. The molecule has 5 nitrogen and oxygen atoms in total. The minimum absolute atomic E-state index is 0.679. The molecule has 0 fully saturated rings. The molecule has 2 aromatic heterocycles. The van der Waals surface area contributed by atoms with Crippen molar-refractivity contribution < 1.29 is 0 Å². The summed E-state index contributed by atoms with van der Waals surface area (Å²) in [5.41, 5.74) is 5.57. The van der Waals surface area contributed by atoms with Gasteiger partial charge in [0.15, 0.2) is 5.65 Å². The summed E-state index contributed by atoms with van der Waals surface area (Å²) >= 11 is 0. The summed E-state index contributed by atoms with van der Waals surface area (Å²) < 4.78 is 1.85. The van der Waals surface area contributed by atoms with Gasteiger partial charge in [-0.25, -0.2) is 4.98 Å².